The molecule has 0 saturated heterocycles. The van der Waals surface area contributed by atoms with Crippen LogP contribution in [-0.4, -0.2) is 29.3 Å². The molecule has 0 fully saturated rings. The molecule has 1 aromatic heterocycles. The molecule has 3 rings (SSSR count). The van der Waals surface area contributed by atoms with Crippen LogP contribution in [0.15, 0.2) is 30.9 Å². The molecular weight excluding hydrogens is 278 g/mol. The van der Waals surface area contributed by atoms with Crippen LogP contribution in [0, 0.1) is 0 Å². The van der Waals surface area contributed by atoms with E-state index in [-0.39, 0.29) is 0 Å². The minimum absolute atomic E-state index is 0.551. The van der Waals surface area contributed by atoms with Crippen molar-refractivity contribution >= 4 is 11.6 Å². The Morgan fingerprint density at radius 1 is 1.30 bits per heavy atom. The Hall–Kier alpha value is -1.72. The van der Waals surface area contributed by atoms with Gasteiger partial charge in [0.05, 0.1) is 11.3 Å². The van der Waals surface area contributed by atoms with E-state index in [0.717, 1.165) is 30.9 Å². The summed E-state index contributed by atoms with van der Waals surface area (Å²) in [6.45, 7) is 3.61. The van der Waals surface area contributed by atoms with Gasteiger partial charge in [0.2, 0.25) is 0 Å². The summed E-state index contributed by atoms with van der Waals surface area (Å²) in [5.74, 6) is 1.38. The highest BCUT2D eigenvalue weighted by Crippen LogP contribution is 2.38. The molecule has 0 atom stereocenters. The van der Waals surface area contributed by atoms with Crippen molar-refractivity contribution in [1.82, 2.24) is 14.9 Å². The number of nitrogens with one attached hydrogen (secondary N) is 1. The summed E-state index contributed by atoms with van der Waals surface area (Å²) in [6, 6.07) is 3.89. The van der Waals surface area contributed by atoms with Gasteiger partial charge in [0.25, 0.3) is 0 Å². The third kappa shape index (κ3) is 3.05. The summed E-state index contributed by atoms with van der Waals surface area (Å²) in [5.41, 5.74) is 1.09. The van der Waals surface area contributed by atoms with Crippen LogP contribution in [0.5, 0.6) is 11.5 Å². The Bertz CT molecular complexity index is 572. The second-order valence-electron chi connectivity index (χ2n) is 4.58. The monoisotopic (exact) mass is 293 g/mol. The van der Waals surface area contributed by atoms with Gasteiger partial charge in [-0.2, -0.15) is 0 Å². The van der Waals surface area contributed by atoms with E-state index in [1.165, 1.54) is 0 Å². The molecule has 6 heteroatoms. The zero-order valence-corrected chi connectivity index (χ0v) is 11.8. The van der Waals surface area contributed by atoms with Crippen molar-refractivity contribution in [3.05, 3.63) is 41.4 Å². The molecule has 106 valence electrons. The van der Waals surface area contributed by atoms with Crippen molar-refractivity contribution in [3.8, 4) is 11.5 Å². The van der Waals surface area contributed by atoms with Crippen molar-refractivity contribution in [2.75, 3.05) is 19.8 Å². The number of hydrogen-bond donors (Lipinski definition) is 1. The van der Waals surface area contributed by atoms with Gasteiger partial charge in [-0.05, 0) is 17.7 Å². The van der Waals surface area contributed by atoms with E-state index in [4.69, 9.17) is 21.1 Å². The number of aromatic nitrogens is 2. The standard InChI is InChI=1S/C14H16ClN3O2/c15-12-7-11(8-13-14(12)20-6-5-19-13)9-16-1-3-18-4-2-17-10-18/h2,4,7-8,10,16H,1,3,5-6,9H2. The lowest BCUT2D eigenvalue weighted by atomic mass is 10.2. The fraction of sp³-hybridized carbons (Fsp3) is 0.357. The molecule has 0 spiro atoms. The van der Waals surface area contributed by atoms with Crippen LogP contribution in [0.2, 0.25) is 5.02 Å². The van der Waals surface area contributed by atoms with Crippen LogP contribution in [0.3, 0.4) is 0 Å². The molecule has 2 heterocycles. The van der Waals surface area contributed by atoms with E-state index < -0.39 is 0 Å². The van der Waals surface area contributed by atoms with Gasteiger partial charge >= 0.3 is 0 Å². The summed E-state index contributed by atoms with van der Waals surface area (Å²) in [6.07, 6.45) is 5.53. The maximum atomic E-state index is 6.20. The molecule has 0 radical (unpaired) electrons. The van der Waals surface area contributed by atoms with E-state index in [2.05, 4.69) is 10.3 Å². The van der Waals surface area contributed by atoms with E-state index in [1.54, 1.807) is 6.20 Å². The molecule has 1 N–H and O–H groups in total. The lowest BCUT2D eigenvalue weighted by molar-refractivity contribution is 0.171. The Morgan fingerprint density at radius 3 is 3.05 bits per heavy atom. The van der Waals surface area contributed by atoms with Crippen molar-refractivity contribution in [2.24, 2.45) is 0 Å². The van der Waals surface area contributed by atoms with Crippen LogP contribution in [0.4, 0.5) is 0 Å². The van der Waals surface area contributed by atoms with Crippen LogP contribution >= 0.6 is 11.6 Å². The number of hydrogen-bond acceptors (Lipinski definition) is 4. The highest BCUT2D eigenvalue weighted by Gasteiger charge is 2.16. The molecule has 5 nitrogen and oxygen atoms in total. The minimum Gasteiger partial charge on any atom is -0.486 e. The largest absolute Gasteiger partial charge is 0.486 e. The fourth-order valence-electron chi connectivity index (χ4n) is 2.13. The molecule has 20 heavy (non-hydrogen) atoms. The average Bonchev–Trinajstić information content (AvgIpc) is 2.97. The van der Waals surface area contributed by atoms with Gasteiger partial charge in [-0.1, -0.05) is 11.6 Å². The predicted octanol–water partition coefficient (Wildman–Crippen LogP) is 2.10. The third-order valence-corrected chi connectivity index (χ3v) is 3.37. The lowest BCUT2D eigenvalue weighted by Crippen LogP contribution is -2.20. The zero-order chi connectivity index (χ0) is 13.8. The number of imidazole rings is 1. The minimum atomic E-state index is 0.551. The van der Waals surface area contributed by atoms with E-state index in [0.29, 0.717) is 24.0 Å². The van der Waals surface area contributed by atoms with Gasteiger partial charge in [0.1, 0.15) is 13.2 Å². The number of nitrogens with zero attached hydrogens (tertiary/aromatic N) is 2. The van der Waals surface area contributed by atoms with Crippen LogP contribution in [0.1, 0.15) is 5.56 Å². The first-order chi connectivity index (χ1) is 9.83. The molecule has 1 aliphatic rings. The van der Waals surface area contributed by atoms with E-state index in [9.17, 15) is 0 Å². The lowest BCUT2D eigenvalue weighted by Gasteiger charge is -2.20. The Morgan fingerprint density at radius 2 is 2.20 bits per heavy atom. The van der Waals surface area contributed by atoms with Gasteiger partial charge in [-0.15, -0.1) is 0 Å². The molecule has 0 aliphatic carbocycles. The van der Waals surface area contributed by atoms with Gasteiger partial charge in [0.15, 0.2) is 11.5 Å². The van der Waals surface area contributed by atoms with Gasteiger partial charge in [-0.3, -0.25) is 0 Å². The van der Waals surface area contributed by atoms with E-state index in [1.807, 2.05) is 29.2 Å². The third-order valence-electron chi connectivity index (χ3n) is 3.09. The molecule has 1 aliphatic heterocycles. The Kier molecular flexibility index (Phi) is 4.08. The second-order valence-corrected chi connectivity index (χ2v) is 4.99. The van der Waals surface area contributed by atoms with Crippen LogP contribution in [0.25, 0.3) is 0 Å². The quantitative estimate of drug-likeness (QED) is 0.858. The summed E-state index contributed by atoms with van der Waals surface area (Å²) in [4.78, 5) is 4.01. The second kappa shape index (κ2) is 6.15. The summed E-state index contributed by atoms with van der Waals surface area (Å²) >= 11 is 6.20. The smallest absolute Gasteiger partial charge is 0.179 e. The normalized spacial score (nSPS) is 13.4. The number of benzene rings is 1. The summed E-state index contributed by atoms with van der Waals surface area (Å²) in [5, 5.41) is 3.98. The average molecular weight is 294 g/mol. The number of fused-ring (bicyclic) bond motifs is 1. The van der Waals surface area contributed by atoms with Gasteiger partial charge in [-0.25, -0.2) is 4.98 Å². The highest BCUT2D eigenvalue weighted by molar-refractivity contribution is 6.32. The maximum absolute atomic E-state index is 6.20. The molecule has 0 amide bonds. The van der Waals surface area contributed by atoms with Gasteiger partial charge < -0.3 is 19.4 Å². The molecular formula is C14H16ClN3O2. The SMILES string of the molecule is Clc1cc(CNCCn2ccnc2)cc2c1OCCO2. The predicted molar refractivity (Wildman–Crippen MR) is 76.4 cm³/mol. The molecule has 0 unspecified atom stereocenters. The first-order valence-electron chi connectivity index (χ1n) is 6.57. The Balaban J connectivity index is 1.56. The van der Waals surface area contributed by atoms with Crippen LogP contribution < -0.4 is 14.8 Å². The molecule has 0 bridgehead atoms. The highest BCUT2D eigenvalue weighted by atomic mass is 35.5. The fourth-order valence-corrected chi connectivity index (χ4v) is 2.41. The molecule has 0 saturated carbocycles. The van der Waals surface area contributed by atoms with E-state index >= 15 is 0 Å². The van der Waals surface area contributed by atoms with Crippen LogP contribution in [-0.2, 0) is 13.1 Å². The molecule has 1 aromatic carbocycles. The first-order valence-corrected chi connectivity index (χ1v) is 6.95. The van der Waals surface area contributed by atoms with Crippen molar-refractivity contribution in [2.45, 2.75) is 13.1 Å². The van der Waals surface area contributed by atoms with Gasteiger partial charge in [0, 0.05) is 32.0 Å². The van der Waals surface area contributed by atoms with Crippen molar-refractivity contribution in [1.29, 1.82) is 0 Å². The summed E-state index contributed by atoms with van der Waals surface area (Å²) in [7, 11) is 0. The number of rotatable bonds is 5. The number of halogens is 1. The number of ether oxygens (including phenoxy) is 2. The topological polar surface area (TPSA) is 48.3 Å². The summed E-state index contributed by atoms with van der Waals surface area (Å²) < 4.78 is 13.1. The van der Waals surface area contributed by atoms with Crippen molar-refractivity contribution < 1.29 is 9.47 Å². The molecule has 2 aromatic rings. The Labute approximate surface area is 122 Å². The zero-order valence-electron chi connectivity index (χ0n) is 11.0. The van der Waals surface area contributed by atoms with Crippen molar-refractivity contribution in [3.63, 3.8) is 0 Å². The first kappa shape index (κ1) is 13.3. The maximum Gasteiger partial charge on any atom is 0.179 e.